The van der Waals surface area contributed by atoms with Crippen molar-refractivity contribution in [3.63, 3.8) is 0 Å². The third kappa shape index (κ3) is 3.18. The molecule has 3 saturated heterocycles. The molecule has 156 valence electrons. The van der Waals surface area contributed by atoms with Crippen molar-refractivity contribution in [1.82, 2.24) is 15.6 Å². The zero-order chi connectivity index (χ0) is 20.1. The van der Waals surface area contributed by atoms with Crippen LogP contribution in [0, 0.1) is 12.8 Å². The van der Waals surface area contributed by atoms with E-state index in [-0.39, 0.29) is 0 Å². The fourth-order valence-electron chi connectivity index (χ4n) is 5.40. The Balaban J connectivity index is 1.38. The molecule has 0 spiro atoms. The van der Waals surface area contributed by atoms with Crippen LogP contribution >= 0.6 is 11.3 Å². The summed E-state index contributed by atoms with van der Waals surface area (Å²) in [6.45, 7) is 9.91. The number of benzene rings is 1. The molecular formula is C24H29N5S. The highest BCUT2D eigenvalue weighted by molar-refractivity contribution is 7.19. The SMILES string of the molecule is Cc1cc2nc(-c3ccc(N4CCNCC4)cc3)cc(N3CCC4CNCC43)c2s1. The highest BCUT2D eigenvalue weighted by Crippen LogP contribution is 2.41. The molecule has 3 aliphatic rings. The Morgan fingerprint density at radius 2 is 1.83 bits per heavy atom. The third-order valence-electron chi connectivity index (χ3n) is 6.98. The highest BCUT2D eigenvalue weighted by atomic mass is 32.1. The van der Waals surface area contributed by atoms with Crippen LogP contribution in [0.5, 0.6) is 0 Å². The van der Waals surface area contributed by atoms with Gasteiger partial charge in [-0.15, -0.1) is 11.3 Å². The standard InChI is InChI=1S/C24H29N5S/c1-16-12-21-24(30-16)22(29-9-6-18-14-26-15-23(18)29)13-20(27-21)17-2-4-19(5-3-17)28-10-7-25-8-11-28/h2-5,12-13,18,23,25-26H,6-11,14-15H2,1H3. The number of nitrogens with zero attached hydrogens (tertiary/aromatic N) is 3. The Morgan fingerprint density at radius 1 is 1.00 bits per heavy atom. The third-order valence-corrected chi connectivity index (χ3v) is 8.04. The number of fused-ring (bicyclic) bond motifs is 2. The minimum Gasteiger partial charge on any atom is -0.369 e. The summed E-state index contributed by atoms with van der Waals surface area (Å²) >= 11 is 1.89. The van der Waals surface area contributed by atoms with Crippen molar-refractivity contribution in [2.75, 3.05) is 55.6 Å². The van der Waals surface area contributed by atoms with Crippen LogP contribution in [0.15, 0.2) is 36.4 Å². The van der Waals surface area contributed by atoms with Gasteiger partial charge in [0.25, 0.3) is 0 Å². The maximum absolute atomic E-state index is 5.07. The number of hydrogen-bond acceptors (Lipinski definition) is 6. The largest absolute Gasteiger partial charge is 0.369 e. The van der Waals surface area contributed by atoms with Crippen LogP contribution in [0.3, 0.4) is 0 Å². The summed E-state index contributed by atoms with van der Waals surface area (Å²) in [5.74, 6) is 0.788. The van der Waals surface area contributed by atoms with Crippen LogP contribution in [0.4, 0.5) is 11.4 Å². The second-order valence-electron chi connectivity index (χ2n) is 8.85. The van der Waals surface area contributed by atoms with E-state index in [0.717, 1.165) is 56.4 Å². The number of nitrogens with one attached hydrogen (secondary N) is 2. The lowest BCUT2D eigenvalue weighted by Crippen LogP contribution is -2.43. The molecular weight excluding hydrogens is 390 g/mol. The van der Waals surface area contributed by atoms with E-state index in [1.165, 1.54) is 39.5 Å². The summed E-state index contributed by atoms with van der Waals surface area (Å²) in [6.07, 6.45) is 1.29. The fourth-order valence-corrected chi connectivity index (χ4v) is 6.38. The molecule has 3 aliphatic heterocycles. The van der Waals surface area contributed by atoms with Crippen molar-refractivity contribution in [3.8, 4) is 11.3 Å². The lowest BCUT2D eigenvalue weighted by molar-refractivity contribution is 0.579. The molecule has 6 rings (SSSR count). The average molecular weight is 420 g/mol. The van der Waals surface area contributed by atoms with E-state index in [9.17, 15) is 0 Å². The Bertz CT molecular complexity index is 1050. The van der Waals surface area contributed by atoms with Crippen molar-refractivity contribution in [2.45, 2.75) is 19.4 Å². The number of hydrogen-bond donors (Lipinski definition) is 2. The van der Waals surface area contributed by atoms with Crippen LogP contribution in [0.25, 0.3) is 21.5 Å². The molecule has 30 heavy (non-hydrogen) atoms. The Labute approximate surface area is 182 Å². The molecule has 2 N–H and O–H groups in total. The van der Waals surface area contributed by atoms with E-state index in [1.807, 2.05) is 11.3 Å². The molecule has 3 fully saturated rings. The van der Waals surface area contributed by atoms with Crippen molar-refractivity contribution < 1.29 is 0 Å². The molecule has 0 aliphatic carbocycles. The summed E-state index contributed by atoms with van der Waals surface area (Å²) in [7, 11) is 0. The molecule has 2 atom stereocenters. The number of rotatable bonds is 3. The molecule has 0 amide bonds. The van der Waals surface area contributed by atoms with Gasteiger partial charge in [0, 0.05) is 68.0 Å². The van der Waals surface area contributed by atoms with Crippen molar-refractivity contribution in [1.29, 1.82) is 0 Å². The Morgan fingerprint density at radius 3 is 2.67 bits per heavy atom. The maximum atomic E-state index is 5.07. The second kappa shape index (κ2) is 7.52. The van der Waals surface area contributed by atoms with Gasteiger partial charge in [-0.2, -0.15) is 0 Å². The van der Waals surface area contributed by atoms with Crippen molar-refractivity contribution in [2.24, 2.45) is 5.92 Å². The molecule has 1 aromatic carbocycles. The quantitative estimate of drug-likeness (QED) is 0.681. The maximum Gasteiger partial charge on any atom is 0.0841 e. The van der Waals surface area contributed by atoms with E-state index in [0.29, 0.717) is 6.04 Å². The predicted octanol–water partition coefficient (Wildman–Crippen LogP) is 3.48. The van der Waals surface area contributed by atoms with Crippen LogP contribution < -0.4 is 20.4 Å². The van der Waals surface area contributed by atoms with Crippen LogP contribution in [0.2, 0.25) is 0 Å². The minimum absolute atomic E-state index is 0.626. The molecule has 2 unspecified atom stereocenters. The summed E-state index contributed by atoms with van der Waals surface area (Å²) in [4.78, 5) is 11.5. The van der Waals surface area contributed by atoms with Crippen molar-refractivity contribution >= 4 is 32.9 Å². The lowest BCUT2D eigenvalue weighted by atomic mass is 10.0. The second-order valence-corrected chi connectivity index (χ2v) is 10.1. The van der Waals surface area contributed by atoms with Crippen molar-refractivity contribution in [3.05, 3.63) is 41.3 Å². The topological polar surface area (TPSA) is 43.4 Å². The van der Waals surface area contributed by atoms with E-state index in [4.69, 9.17) is 4.98 Å². The average Bonchev–Trinajstić information content (AvgIpc) is 3.49. The first-order valence-electron chi connectivity index (χ1n) is 11.2. The minimum atomic E-state index is 0.626. The molecule has 0 saturated carbocycles. The normalized spacial score (nSPS) is 24.0. The highest BCUT2D eigenvalue weighted by Gasteiger charge is 2.38. The van der Waals surface area contributed by atoms with Crippen LogP contribution in [-0.4, -0.2) is 56.8 Å². The Kier molecular flexibility index (Phi) is 4.66. The van der Waals surface area contributed by atoms with Gasteiger partial charge in [-0.3, -0.25) is 0 Å². The Hall–Kier alpha value is -2.15. The monoisotopic (exact) mass is 419 g/mol. The number of aryl methyl sites for hydroxylation is 1. The van der Waals surface area contributed by atoms with Crippen LogP contribution in [-0.2, 0) is 0 Å². The number of thiophene rings is 1. The van der Waals surface area contributed by atoms with Gasteiger partial charge in [0.2, 0.25) is 0 Å². The molecule has 3 aromatic rings. The summed E-state index contributed by atoms with van der Waals surface area (Å²) in [6, 6.07) is 14.2. The number of piperazine rings is 1. The zero-order valence-electron chi connectivity index (χ0n) is 17.5. The number of aromatic nitrogens is 1. The molecule has 0 radical (unpaired) electrons. The fraction of sp³-hybridized carbons (Fsp3) is 0.458. The van der Waals surface area contributed by atoms with Gasteiger partial charge in [-0.1, -0.05) is 12.1 Å². The number of anilines is 2. The van der Waals surface area contributed by atoms with Gasteiger partial charge in [-0.05, 0) is 43.5 Å². The zero-order valence-corrected chi connectivity index (χ0v) is 18.3. The summed E-state index contributed by atoms with van der Waals surface area (Å²) in [5, 5.41) is 7.03. The number of pyridine rings is 1. The molecule has 2 aromatic heterocycles. The van der Waals surface area contributed by atoms with Gasteiger partial charge in [-0.25, -0.2) is 4.98 Å². The first kappa shape index (κ1) is 18.6. The first-order valence-corrected chi connectivity index (χ1v) is 12.0. The molecule has 6 heteroatoms. The van der Waals surface area contributed by atoms with E-state index in [2.05, 4.69) is 63.8 Å². The summed E-state index contributed by atoms with van der Waals surface area (Å²) in [5.41, 5.74) is 6.14. The first-order chi connectivity index (χ1) is 14.8. The summed E-state index contributed by atoms with van der Waals surface area (Å²) < 4.78 is 1.35. The smallest absolute Gasteiger partial charge is 0.0841 e. The van der Waals surface area contributed by atoms with Gasteiger partial charge < -0.3 is 20.4 Å². The van der Waals surface area contributed by atoms with E-state index < -0.39 is 0 Å². The van der Waals surface area contributed by atoms with E-state index in [1.54, 1.807) is 0 Å². The molecule has 5 heterocycles. The van der Waals surface area contributed by atoms with Crippen LogP contribution in [0.1, 0.15) is 11.3 Å². The van der Waals surface area contributed by atoms with Gasteiger partial charge in [0.05, 0.1) is 21.6 Å². The lowest BCUT2D eigenvalue weighted by Gasteiger charge is -2.29. The van der Waals surface area contributed by atoms with Gasteiger partial charge in [0.1, 0.15) is 0 Å². The van der Waals surface area contributed by atoms with Gasteiger partial charge in [0.15, 0.2) is 0 Å². The molecule has 5 nitrogen and oxygen atoms in total. The molecule has 0 bridgehead atoms. The van der Waals surface area contributed by atoms with Gasteiger partial charge >= 0.3 is 0 Å². The predicted molar refractivity (Wildman–Crippen MR) is 127 cm³/mol. The van der Waals surface area contributed by atoms with E-state index >= 15 is 0 Å².